The Balaban J connectivity index is 2.87. The predicted octanol–water partition coefficient (Wildman–Crippen LogP) is 3.39. The van der Waals surface area contributed by atoms with E-state index in [1.165, 1.54) is 0 Å². The smallest absolute Gasteiger partial charge is 0.418 e. The van der Waals surface area contributed by atoms with Crippen molar-refractivity contribution in [3.63, 3.8) is 0 Å². The highest BCUT2D eigenvalue weighted by Crippen LogP contribution is 2.17. The van der Waals surface area contributed by atoms with Gasteiger partial charge in [-0.25, -0.2) is 4.79 Å². The molecule has 0 aliphatic carbocycles. The molecule has 0 amide bonds. The van der Waals surface area contributed by atoms with Crippen LogP contribution in [0.25, 0.3) is 0 Å². The molecule has 0 saturated carbocycles. The molecule has 0 saturated heterocycles. The zero-order chi connectivity index (χ0) is 11.6. The first-order valence-electron chi connectivity index (χ1n) is 5.22. The number of carbonyl (C=O) groups is 1. The Morgan fingerprint density at radius 2 is 2.00 bits per heavy atom. The van der Waals surface area contributed by atoms with Crippen LogP contribution in [0.4, 0.5) is 4.79 Å². The van der Waals surface area contributed by atoms with Crippen molar-refractivity contribution in [2.24, 2.45) is 0 Å². The number of nitrogens with zero attached hydrogens (tertiary/aromatic N) is 1. The van der Waals surface area contributed by atoms with Gasteiger partial charge in [0.05, 0.1) is 0 Å². The van der Waals surface area contributed by atoms with E-state index in [9.17, 15) is 4.79 Å². The van der Waals surface area contributed by atoms with Crippen LogP contribution in [0.15, 0.2) is 18.3 Å². The van der Waals surface area contributed by atoms with E-state index in [-0.39, 0.29) is 6.09 Å². The first-order valence-corrected chi connectivity index (χ1v) is 5.22. The first kappa shape index (κ1) is 11.8. The van der Waals surface area contributed by atoms with E-state index in [1.807, 2.05) is 32.9 Å². The van der Waals surface area contributed by atoms with E-state index in [4.69, 9.17) is 4.74 Å². The third-order valence-electron chi connectivity index (χ3n) is 1.96. The second-order valence-corrected chi connectivity index (χ2v) is 4.94. The summed E-state index contributed by atoms with van der Waals surface area (Å²) < 4.78 is 6.86. The van der Waals surface area contributed by atoms with Crippen LogP contribution in [0.5, 0.6) is 0 Å². The summed E-state index contributed by atoms with van der Waals surface area (Å²) in [5, 5.41) is 0. The van der Waals surface area contributed by atoms with Crippen LogP contribution in [0.1, 0.15) is 46.2 Å². The second-order valence-electron chi connectivity index (χ2n) is 4.94. The van der Waals surface area contributed by atoms with Gasteiger partial charge in [-0.2, -0.15) is 0 Å². The van der Waals surface area contributed by atoms with Crippen LogP contribution in [0, 0.1) is 0 Å². The van der Waals surface area contributed by atoms with Crippen LogP contribution in [-0.2, 0) is 4.74 Å². The van der Waals surface area contributed by atoms with Crippen molar-refractivity contribution in [2.75, 3.05) is 0 Å². The SMILES string of the molecule is CC(C)c1cccn1C(=O)OC(C)(C)C. The van der Waals surface area contributed by atoms with Crippen LogP contribution >= 0.6 is 0 Å². The van der Waals surface area contributed by atoms with Gasteiger partial charge in [-0.3, -0.25) is 4.57 Å². The van der Waals surface area contributed by atoms with Gasteiger partial charge in [0.25, 0.3) is 0 Å². The van der Waals surface area contributed by atoms with Gasteiger partial charge in [-0.1, -0.05) is 13.8 Å². The van der Waals surface area contributed by atoms with E-state index in [2.05, 4.69) is 13.8 Å². The van der Waals surface area contributed by atoms with Gasteiger partial charge in [-0.05, 0) is 38.8 Å². The highest BCUT2D eigenvalue weighted by Gasteiger charge is 2.19. The quantitative estimate of drug-likeness (QED) is 0.709. The largest absolute Gasteiger partial charge is 0.443 e. The van der Waals surface area contributed by atoms with Crippen LogP contribution in [-0.4, -0.2) is 16.3 Å². The first-order chi connectivity index (χ1) is 6.81. The topological polar surface area (TPSA) is 31.2 Å². The third kappa shape index (κ3) is 3.11. The molecule has 3 nitrogen and oxygen atoms in total. The fourth-order valence-corrected chi connectivity index (χ4v) is 1.34. The maximum atomic E-state index is 11.8. The molecule has 0 aliphatic rings. The Bertz CT molecular complexity index is 345. The molecule has 1 rings (SSSR count). The molecule has 1 aromatic heterocycles. The fraction of sp³-hybridized carbons (Fsp3) is 0.583. The van der Waals surface area contributed by atoms with Crippen molar-refractivity contribution >= 4 is 6.09 Å². The molecule has 1 heterocycles. The lowest BCUT2D eigenvalue weighted by molar-refractivity contribution is 0.0531. The minimum Gasteiger partial charge on any atom is -0.443 e. The van der Waals surface area contributed by atoms with Gasteiger partial charge in [0.15, 0.2) is 0 Å². The molecule has 0 unspecified atom stereocenters. The van der Waals surface area contributed by atoms with Gasteiger partial charge in [0.1, 0.15) is 5.60 Å². The summed E-state index contributed by atoms with van der Waals surface area (Å²) in [5.74, 6) is 0.313. The average molecular weight is 209 g/mol. The van der Waals surface area contributed by atoms with Gasteiger partial charge in [0.2, 0.25) is 0 Å². The van der Waals surface area contributed by atoms with Crippen molar-refractivity contribution in [1.82, 2.24) is 4.57 Å². The molecule has 1 aromatic rings. The standard InChI is InChI=1S/C12H19NO2/c1-9(2)10-7-6-8-13(10)11(14)15-12(3,4)5/h6-9H,1-5H3. The van der Waals surface area contributed by atoms with E-state index < -0.39 is 5.60 Å². The second kappa shape index (κ2) is 4.09. The monoisotopic (exact) mass is 209 g/mol. The van der Waals surface area contributed by atoms with E-state index >= 15 is 0 Å². The van der Waals surface area contributed by atoms with Crippen LogP contribution in [0.3, 0.4) is 0 Å². The van der Waals surface area contributed by atoms with E-state index in [1.54, 1.807) is 10.8 Å². The van der Waals surface area contributed by atoms with E-state index in [0.717, 1.165) is 5.69 Å². The Hall–Kier alpha value is -1.25. The summed E-state index contributed by atoms with van der Waals surface area (Å²) in [6.45, 7) is 9.70. The maximum Gasteiger partial charge on any atom is 0.418 e. The number of hydrogen-bond donors (Lipinski definition) is 0. The molecular formula is C12H19NO2. The molecule has 0 aliphatic heterocycles. The van der Waals surface area contributed by atoms with E-state index in [0.29, 0.717) is 5.92 Å². The molecule has 0 atom stereocenters. The number of aromatic nitrogens is 1. The number of rotatable bonds is 1. The predicted molar refractivity (Wildman–Crippen MR) is 60.2 cm³/mol. The number of carbonyl (C=O) groups excluding carboxylic acids is 1. The molecule has 0 aromatic carbocycles. The molecule has 84 valence electrons. The highest BCUT2D eigenvalue weighted by atomic mass is 16.6. The van der Waals surface area contributed by atoms with Crippen molar-refractivity contribution in [1.29, 1.82) is 0 Å². The normalized spacial score (nSPS) is 11.9. The number of hydrogen-bond acceptors (Lipinski definition) is 2. The third-order valence-corrected chi connectivity index (χ3v) is 1.96. The lowest BCUT2D eigenvalue weighted by atomic mass is 10.1. The van der Waals surface area contributed by atoms with Crippen LogP contribution in [0.2, 0.25) is 0 Å². The minimum absolute atomic E-state index is 0.309. The molecule has 0 spiro atoms. The summed E-state index contributed by atoms with van der Waals surface area (Å²) in [7, 11) is 0. The van der Waals surface area contributed by atoms with Crippen LogP contribution < -0.4 is 0 Å². The molecule has 0 radical (unpaired) electrons. The highest BCUT2D eigenvalue weighted by molar-refractivity contribution is 5.72. The van der Waals surface area contributed by atoms with Crippen molar-refractivity contribution in [3.8, 4) is 0 Å². The zero-order valence-corrected chi connectivity index (χ0v) is 10.1. The minimum atomic E-state index is -0.449. The molecule has 0 N–H and O–H groups in total. The molecule has 3 heteroatoms. The van der Waals surface area contributed by atoms with Gasteiger partial charge in [0, 0.05) is 11.9 Å². The number of ether oxygens (including phenoxy) is 1. The zero-order valence-electron chi connectivity index (χ0n) is 10.1. The van der Waals surface area contributed by atoms with Crippen molar-refractivity contribution in [3.05, 3.63) is 24.0 Å². The Labute approximate surface area is 91.0 Å². The molecule has 0 fully saturated rings. The summed E-state index contributed by atoms with van der Waals surface area (Å²) in [5.41, 5.74) is 0.527. The van der Waals surface area contributed by atoms with Gasteiger partial charge < -0.3 is 4.74 Å². The lowest BCUT2D eigenvalue weighted by Gasteiger charge is -2.21. The summed E-state index contributed by atoms with van der Waals surface area (Å²) >= 11 is 0. The van der Waals surface area contributed by atoms with Crippen molar-refractivity contribution in [2.45, 2.75) is 46.1 Å². The molecule has 15 heavy (non-hydrogen) atoms. The van der Waals surface area contributed by atoms with Gasteiger partial charge in [-0.15, -0.1) is 0 Å². The molecule has 0 bridgehead atoms. The maximum absolute atomic E-state index is 11.8. The molecular weight excluding hydrogens is 190 g/mol. The summed E-state index contributed by atoms with van der Waals surface area (Å²) in [4.78, 5) is 11.8. The van der Waals surface area contributed by atoms with Gasteiger partial charge >= 0.3 is 6.09 Å². The fourth-order valence-electron chi connectivity index (χ4n) is 1.34. The lowest BCUT2D eigenvalue weighted by Crippen LogP contribution is -2.27. The Kier molecular flexibility index (Phi) is 3.22. The summed E-state index contributed by atoms with van der Waals surface area (Å²) in [6.07, 6.45) is 1.43. The Morgan fingerprint density at radius 1 is 1.40 bits per heavy atom. The Morgan fingerprint density at radius 3 is 2.47 bits per heavy atom. The summed E-state index contributed by atoms with van der Waals surface area (Å²) in [6, 6.07) is 3.80. The van der Waals surface area contributed by atoms with Crippen molar-refractivity contribution < 1.29 is 9.53 Å². The average Bonchev–Trinajstić information content (AvgIpc) is 2.47.